The van der Waals surface area contributed by atoms with E-state index in [1.807, 2.05) is 18.2 Å². The Bertz CT molecular complexity index is 394. The lowest BCUT2D eigenvalue weighted by molar-refractivity contribution is -0.130. The third-order valence-electron chi connectivity index (χ3n) is 2.21. The van der Waals surface area contributed by atoms with Crippen LogP contribution < -0.4 is 4.74 Å². The highest BCUT2D eigenvalue weighted by atomic mass is 16.5. The number of hydrogen-bond donors (Lipinski definition) is 1. The Morgan fingerprint density at radius 1 is 1.44 bits per heavy atom. The molecule has 1 N–H and O–H groups in total. The Kier molecular flexibility index (Phi) is 4.58. The van der Waals surface area contributed by atoms with E-state index in [1.54, 1.807) is 6.07 Å². The summed E-state index contributed by atoms with van der Waals surface area (Å²) in [5.41, 5.74) is 1.19. The Balaban J connectivity index is 2.84. The van der Waals surface area contributed by atoms with Crippen LogP contribution in [0.3, 0.4) is 0 Å². The molecule has 0 unspecified atom stereocenters. The Hall–Kier alpha value is -1.77. The summed E-state index contributed by atoms with van der Waals surface area (Å²) in [7, 11) is 0. The molecule has 0 saturated carbocycles. The molecule has 1 aromatic rings. The number of aliphatic hydroxyl groups excluding tert-OH is 1. The monoisotopic (exact) mass is 220 g/mol. The van der Waals surface area contributed by atoms with E-state index in [4.69, 9.17) is 9.84 Å². The molecule has 3 heteroatoms. The van der Waals surface area contributed by atoms with Gasteiger partial charge in [0.25, 0.3) is 0 Å². The maximum absolute atomic E-state index is 11.4. The predicted molar refractivity (Wildman–Crippen MR) is 62.5 cm³/mol. The molecule has 0 bridgehead atoms. The van der Waals surface area contributed by atoms with Crippen molar-refractivity contribution in [3.05, 3.63) is 41.7 Å². The van der Waals surface area contributed by atoms with Crippen molar-refractivity contribution in [2.24, 2.45) is 0 Å². The minimum absolute atomic E-state index is 0.186. The number of carbonyl (C=O) groups is 1. The summed E-state index contributed by atoms with van der Waals surface area (Å²) >= 11 is 0. The molecule has 0 aliphatic rings. The summed E-state index contributed by atoms with van der Waals surface area (Å²) < 4.78 is 5.18. The van der Waals surface area contributed by atoms with Crippen LogP contribution in [-0.2, 0) is 11.2 Å². The zero-order valence-corrected chi connectivity index (χ0v) is 9.56. The molecule has 0 saturated heterocycles. The van der Waals surface area contributed by atoms with Gasteiger partial charge < -0.3 is 9.84 Å². The summed E-state index contributed by atoms with van der Waals surface area (Å²) in [6.07, 6.45) is 2.61. The third kappa shape index (κ3) is 3.12. The van der Waals surface area contributed by atoms with Gasteiger partial charge in [0.15, 0.2) is 0 Å². The predicted octanol–water partition coefficient (Wildman–Crippen LogP) is 3.01. The Morgan fingerprint density at radius 2 is 2.12 bits per heavy atom. The molecule has 0 spiro atoms. The van der Waals surface area contributed by atoms with E-state index in [1.165, 1.54) is 6.92 Å². The van der Waals surface area contributed by atoms with Crippen molar-refractivity contribution >= 4 is 5.97 Å². The number of ether oxygens (including phenoxy) is 1. The van der Waals surface area contributed by atoms with Gasteiger partial charge in [-0.25, -0.2) is 4.79 Å². The molecular weight excluding hydrogens is 204 g/mol. The van der Waals surface area contributed by atoms with Crippen LogP contribution >= 0.6 is 0 Å². The van der Waals surface area contributed by atoms with Gasteiger partial charge >= 0.3 is 5.97 Å². The van der Waals surface area contributed by atoms with Crippen LogP contribution in [0.4, 0.5) is 0 Å². The molecule has 0 radical (unpaired) electrons. The van der Waals surface area contributed by atoms with Gasteiger partial charge in [0.2, 0.25) is 0 Å². The van der Waals surface area contributed by atoms with Gasteiger partial charge in [0.1, 0.15) is 5.75 Å². The number of hydrogen-bond acceptors (Lipinski definition) is 3. The Morgan fingerprint density at radius 3 is 2.75 bits per heavy atom. The number of carbonyl (C=O) groups excluding carboxylic acids is 1. The topological polar surface area (TPSA) is 46.5 Å². The first-order chi connectivity index (χ1) is 7.69. The standard InChI is InChI=1S/C13H16O3/c1-3-6-11-7-4-5-8-12(11)16-13(15)10(2)9-14/h4-5,7-9,14H,3,6H2,1-2H3. The van der Waals surface area contributed by atoms with Gasteiger partial charge in [-0.3, -0.25) is 0 Å². The molecule has 0 heterocycles. The fourth-order valence-electron chi connectivity index (χ4n) is 1.31. The van der Waals surface area contributed by atoms with Gasteiger partial charge in [0.05, 0.1) is 11.8 Å². The number of rotatable bonds is 4. The second-order valence-electron chi connectivity index (χ2n) is 3.56. The first-order valence-electron chi connectivity index (χ1n) is 5.30. The average molecular weight is 220 g/mol. The van der Waals surface area contributed by atoms with Gasteiger partial charge in [-0.2, -0.15) is 0 Å². The van der Waals surface area contributed by atoms with Crippen molar-refractivity contribution in [1.29, 1.82) is 0 Å². The first kappa shape index (κ1) is 12.3. The summed E-state index contributed by atoms with van der Waals surface area (Å²) in [6.45, 7) is 3.57. The number of benzene rings is 1. The normalized spacial score (nSPS) is 11.2. The van der Waals surface area contributed by atoms with Crippen LogP contribution in [0.2, 0.25) is 0 Å². The summed E-state index contributed by atoms with van der Waals surface area (Å²) in [5, 5.41) is 8.69. The van der Waals surface area contributed by atoms with Gasteiger partial charge in [-0.05, 0) is 25.0 Å². The smallest absolute Gasteiger partial charge is 0.342 e. The highest BCUT2D eigenvalue weighted by molar-refractivity contribution is 5.89. The highest BCUT2D eigenvalue weighted by Gasteiger charge is 2.10. The molecule has 86 valence electrons. The van der Waals surface area contributed by atoms with E-state index in [0.717, 1.165) is 24.7 Å². The lowest BCUT2D eigenvalue weighted by Crippen LogP contribution is -2.10. The van der Waals surface area contributed by atoms with Crippen LogP contribution in [0.1, 0.15) is 25.8 Å². The molecule has 1 rings (SSSR count). The molecule has 0 fully saturated rings. The van der Waals surface area contributed by atoms with Crippen LogP contribution in [-0.4, -0.2) is 11.1 Å². The second kappa shape index (κ2) is 5.95. The second-order valence-corrected chi connectivity index (χ2v) is 3.56. The molecule has 0 atom stereocenters. The molecule has 0 aliphatic carbocycles. The minimum Gasteiger partial charge on any atom is -0.515 e. The van der Waals surface area contributed by atoms with Gasteiger partial charge in [-0.1, -0.05) is 31.5 Å². The third-order valence-corrected chi connectivity index (χ3v) is 2.21. The van der Waals surface area contributed by atoms with Crippen molar-refractivity contribution in [2.45, 2.75) is 26.7 Å². The van der Waals surface area contributed by atoms with Gasteiger partial charge in [0, 0.05) is 0 Å². The summed E-state index contributed by atoms with van der Waals surface area (Å²) in [4.78, 5) is 11.4. The summed E-state index contributed by atoms with van der Waals surface area (Å²) in [5.74, 6) is 0.0432. The van der Waals surface area contributed by atoms with E-state index >= 15 is 0 Å². The van der Waals surface area contributed by atoms with E-state index in [-0.39, 0.29) is 5.57 Å². The lowest BCUT2D eigenvalue weighted by Gasteiger charge is -2.08. The van der Waals surface area contributed by atoms with E-state index in [0.29, 0.717) is 5.75 Å². The quantitative estimate of drug-likeness (QED) is 0.367. The SMILES string of the molecule is CCCc1ccccc1OC(=O)C(C)=CO. The van der Waals surface area contributed by atoms with E-state index in [9.17, 15) is 4.79 Å². The molecule has 3 nitrogen and oxygen atoms in total. The maximum atomic E-state index is 11.4. The van der Waals surface area contributed by atoms with Crippen molar-refractivity contribution in [1.82, 2.24) is 0 Å². The number of aliphatic hydroxyl groups is 1. The minimum atomic E-state index is -0.522. The Labute approximate surface area is 95.4 Å². The largest absolute Gasteiger partial charge is 0.515 e. The maximum Gasteiger partial charge on any atom is 0.342 e. The zero-order valence-electron chi connectivity index (χ0n) is 9.56. The van der Waals surface area contributed by atoms with Crippen molar-refractivity contribution in [3.8, 4) is 5.75 Å². The number of esters is 1. The molecular formula is C13H16O3. The molecule has 0 amide bonds. The van der Waals surface area contributed by atoms with Crippen LogP contribution in [0.25, 0.3) is 0 Å². The highest BCUT2D eigenvalue weighted by Crippen LogP contribution is 2.20. The van der Waals surface area contributed by atoms with Gasteiger partial charge in [-0.15, -0.1) is 0 Å². The van der Waals surface area contributed by atoms with Crippen molar-refractivity contribution in [3.63, 3.8) is 0 Å². The van der Waals surface area contributed by atoms with Crippen LogP contribution in [0.15, 0.2) is 36.1 Å². The molecule has 0 aliphatic heterocycles. The fourth-order valence-corrected chi connectivity index (χ4v) is 1.31. The zero-order chi connectivity index (χ0) is 12.0. The number of aryl methyl sites for hydroxylation is 1. The van der Waals surface area contributed by atoms with Crippen LogP contribution in [0, 0.1) is 0 Å². The first-order valence-corrected chi connectivity index (χ1v) is 5.30. The lowest BCUT2D eigenvalue weighted by atomic mass is 10.1. The summed E-state index contributed by atoms with van der Waals surface area (Å²) in [6, 6.07) is 7.43. The van der Waals surface area contributed by atoms with Crippen molar-refractivity contribution < 1.29 is 14.6 Å². The molecule has 0 aromatic heterocycles. The molecule has 16 heavy (non-hydrogen) atoms. The molecule has 1 aromatic carbocycles. The number of para-hydroxylation sites is 1. The fraction of sp³-hybridized carbons (Fsp3) is 0.308. The average Bonchev–Trinajstić information content (AvgIpc) is 2.31. The van der Waals surface area contributed by atoms with Crippen LogP contribution in [0.5, 0.6) is 5.75 Å². The van der Waals surface area contributed by atoms with E-state index < -0.39 is 5.97 Å². The van der Waals surface area contributed by atoms with Crippen molar-refractivity contribution in [2.75, 3.05) is 0 Å². The van der Waals surface area contributed by atoms with E-state index in [2.05, 4.69) is 6.92 Å².